The predicted octanol–water partition coefficient (Wildman–Crippen LogP) is 1.27. The zero-order valence-electron chi connectivity index (χ0n) is 21.9. The molecule has 1 aliphatic carbocycles. The number of primary amides is 1. The van der Waals surface area contributed by atoms with Crippen LogP contribution in [-0.4, -0.2) is 41.8 Å². The molecule has 0 heterocycles. The van der Waals surface area contributed by atoms with Gasteiger partial charge in [-0.25, -0.2) is 9.38 Å². The molecule has 2 aromatic rings. The Labute approximate surface area is 227 Å². The van der Waals surface area contributed by atoms with Gasteiger partial charge in [0.25, 0.3) is 0 Å². The van der Waals surface area contributed by atoms with Crippen molar-refractivity contribution in [2.45, 2.75) is 69.5 Å². The number of nitrogens with one attached hydrogen (secondary N) is 2. The molecule has 1 saturated carbocycles. The summed E-state index contributed by atoms with van der Waals surface area (Å²) in [6, 6.07) is 9.76. The van der Waals surface area contributed by atoms with E-state index in [2.05, 4.69) is 15.6 Å². The Morgan fingerprint density at radius 3 is 1.97 bits per heavy atom. The van der Waals surface area contributed by atoms with Crippen molar-refractivity contribution in [1.29, 1.82) is 0 Å². The van der Waals surface area contributed by atoms with Gasteiger partial charge in [0.15, 0.2) is 5.96 Å². The van der Waals surface area contributed by atoms with Crippen molar-refractivity contribution in [2.75, 3.05) is 0 Å². The molecule has 0 aliphatic heterocycles. The molecule has 0 aromatic heterocycles. The van der Waals surface area contributed by atoms with Crippen LogP contribution in [0.4, 0.5) is 10.1 Å². The number of nitrogens with zero attached hydrogens (tertiary/aromatic N) is 1. The maximum atomic E-state index is 13.4. The van der Waals surface area contributed by atoms with Crippen molar-refractivity contribution < 1.29 is 18.8 Å². The van der Waals surface area contributed by atoms with E-state index in [0.717, 1.165) is 37.7 Å². The number of rotatable bonds is 12. The van der Waals surface area contributed by atoms with E-state index in [1.54, 1.807) is 24.3 Å². The summed E-state index contributed by atoms with van der Waals surface area (Å²) in [6.07, 6.45) is 5.97. The molecule has 1 aliphatic rings. The van der Waals surface area contributed by atoms with E-state index in [0.29, 0.717) is 17.7 Å². The Morgan fingerprint density at radius 1 is 0.821 bits per heavy atom. The van der Waals surface area contributed by atoms with Crippen molar-refractivity contribution in [3.8, 4) is 0 Å². The van der Waals surface area contributed by atoms with Gasteiger partial charge in [-0.1, -0.05) is 56.4 Å². The summed E-state index contributed by atoms with van der Waals surface area (Å²) >= 11 is 0. The van der Waals surface area contributed by atoms with E-state index in [1.807, 2.05) is 0 Å². The zero-order chi connectivity index (χ0) is 28.4. The topological polar surface area (TPSA) is 192 Å². The van der Waals surface area contributed by atoms with Crippen molar-refractivity contribution in [3.63, 3.8) is 0 Å². The highest BCUT2D eigenvalue weighted by Gasteiger charge is 2.30. The van der Waals surface area contributed by atoms with Crippen LogP contribution < -0.4 is 33.6 Å². The molecule has 0 spiro atoms. The minimum atomic E-state index is -1.02. The van der Waals surface area contributed by atoms with Crippen LogP contribution in [0.5, 0.6) is 0 Å². The summed E-state index contributed by atoms with van der Waals surface area (Å²) in [5.74, 6) is -1.91. The highest BCUT2D eigenvalue weighted by molar-refractivity contribution is 5.92. The second kappa shape index (κ2) is 14.2. The number of amides is 3. The van der Waals surface area contributed by atoms with Crippen molar-refractivity contribution in [1.82, 2.24) is 10.6 Å². The first-order valence-electron chi connectivity index (χ1n) is 13.2. The van der Waals surface area contributed by atoms with Gasteiger partial charge in [0.2, 0.25) is 17.7 Å². The Balaban J connectivity index is 1.68. The smallest absolute Gasteiger partial charge is 0.243 e. The van der Waals surface area contributed by atoms with Gasteiger partial charge in [-0.15, -0.1) is 0 Å². The number of hydrogen-bond donors (Lipinski definition) is 6. The highest BCUT2D eigenvalue weighted by Crippen LogP contribution is 2.27. The summed E-state index contributed by atoms with van der Waals surface area (Å²) < 4.78 is 13.3. The third-order valence-corrected chi connectivity index (χ3v) is 6.93. The Hall–Kier alpha value is -3.99. The largest absolute Gasteiger partial charge is 0.370 e. The fraction of sp³-hybridized carbons (Fsp3) is 0.429. The van der Waals surface area contributed by atoms with Crippen LogP contribution in [0.2, 0.25) is 0 Å². The number of benzene rings is 2. The first kappa shape index (κ1) is 29.6. The predicted molar refractivity (Wildman–Crippen MR) is 148 cm³/mol. The van der Waals surface area contributed by atoms with Gasteiger partial charge in [-0.2, -0.15) is 0 Å². The lowest BCUT2D eigenvalue weighted by Gasteiger charge is -2.28. The standard InChI is InChI=1S/C28H38FN7O3/c29-20-10-6-19(7-11-20)15-23(25(31)37)35-27(39)24(16-17-4-2-1-3-5-17)36-26(38)22(30)14-18-8-12-21(13-9-18)34-28(32)33/h6-13,17,22-24H,1-5,14-16,30H2,(H2,31,37)(H,35,39)(H,36,38)(H4,32,33,34)/t22-,23-,24+/m0/s1. The lowest BCUT2D eigenvalue weighted by atomic mass is 9.84. The molecular formula is C28H38FN7O3. The van der Waals surface area contributed by atoms with E-state index < -0.39 is 41.7 Å². The third-order valence-electron chi connectivity index (χ3n) is 6.93. The van der Waals surface area contributed by atoms with Crippen LogP contribution >= 0.6 is 0 Å². The fourth-order valence-corrected chi connectivity index (χ4v) is 4.82. The molecule has 0 unspecified atom stereocenters. The molecule has 0 saturated heterocycles. The summed E-state index contributed by atoms with van der Waals surface area (Å²) in [4.78, 5) is 42.5. The first-order valence-corrected chi connectivity index (χ1v) is 13.2. The summed E-state index contributed by atoms with van der Waals surface area (Å²) in [7, 11) is 0. The number of guanidine groups is 1. The molecule has 0 bridgehead atoms. The maximum absolute atomic E-state index is 13.4. The second-order valence-corrected chi connectivity index (χ2v) is 10.1. The van der Waals surface area contributed by atoms with Gasteiger partial charge >= 0.3 is 0 Å². The summed E-state index contributed by atoms with van der Waals surface area (Å²) in [5, 5.41) is 5.49. The number of carbonyl (C=O) groups excluding carboxylic acids is 3. The Morgan fingerprint density at radius 2 is 1.38 bits per heavy atom. The van der Waals surface area contributed by atoms with Crippen LogP contribution in [0, 0.1) is 11.7 Å². The molecule has 10 N–H and O–H groups in total. The molecule has 11 heteroatoms. The van der Waals surface area contributed by atoms with E-state index in [4.69, 9.17) is 22.9 Å². The zero-order valence-corrected chi connectivity index (χ0v) is 21.9. The molecule has 2 aromatic carbocycles. The minimum absolute atomic E-state index is 0.0580. The molecule has 39 heavy (non-hydrogen) atoms. The summed E-state index contributed by atoms with van der Waals surface area (Å²) in [6.45, 7) is 0. The van der Waals surface area contributed by atoms with Crippen LogP contribution in [-0.2, 0) is 27.2 Å². The van der Waals surface area contributed by atoms with E-state index in [-0.39, 0.29) is 24.7 Å². The monoisotopic (exact) mass is 539 g/mol. The highest BCUT2D eigenvalue weighted by atomic mass is 19.1. The van der Waals surface area contributed by atoms with Gasteiger partial charge in [0, 0.05) is 6.42 Å². The molecule has 3 atom stereocenters. The van der Waals surface area contributed by atoms with Crippen LogP contribution in [0.15, 0.2) is 53.5 Å². The normalized spacial score (nSPS) is 15.9. The number of nitrogens with two attached hydrogens (primary N) is 4. The van der Waals surface area contributed by atoms with Gasteiger partial charge in [-0.3, -0.25) is 14.4 Å². The number of hydrogen-bond acceptors (Lipinski definition) is 5. The molecule has 3 rings (SSSR count). The van der Waals surface area contributed by atoms with Crippen LogP contribution in [0.25, 0.3) is 0 Å². The quantitative estimate of drug-likeness (QED) is 0.174. The molecule has 1 fully saturated rings. The molecule has 3 amide bonds. The average molecular weight is 540 g/mol. The molecule has 210 valence electrons. The SMILES string of the molecule is NC(=O)[C@H](Cc1ccc(F)cc1)NC(=O)[C@@H](CC1CCCCC1)NC(=O)[C@@H](N)Cc1ccc(N=C(N)N)cc1. The molecule has 10 nitrogen and oxygen atoms in total. The van der Waals surface area contributed by atoms with Crippen molar-refractivity contribution in [2.24, 2.45) is 33.8 Å². The van der Waals surface area contributed by atoms with E-state index >= 15 is 0 Å². The Bertz CT molecular complexity index is 1140. The third kappa shape index (κ3) is 9.68. The van der Waals surface area contributed by atoms with Gasteiger partial charge < -0.3 is 33.6 Å². The lowest BCUT2D eigenvalue weighted by Crippen LogP contribution is -2.56. The fourth-order valence-electron chi connectivity index (χ4n) is 4.82. The van der Waals surface area contributed by atoms with Crippen LogP contribution in [0.3, 0.4) is 0 Å². The number of aliphatic imine (C=N–C) groups is 1. The Kier molecular flexibility index (Phi) is 10.8. The van der Waals surface area contributed by atoms with E-state index in [9.17, 15) is 18.8 Å². The first-order chi connectivity index (χ1) is 18.6. The molecule has 0 radical (unpaired) electrons. The minimum Gasteiger partial charge on any atom is -0.370 e. The van der Waals surface area contributed by atoms with Crippen LogP contribution in [0.1, 0.15) is 49.7 Å². The lowest BCUT2D eigenvalue weighted by molar-refractivity contribution is -0.132. The van der Waals surface area contributed by atoms with Crippen molar-refractivity contribution >= 4 is 29.4 Å². The summed E-state index contributed by atoms with van der Waals surface area (Å²) in [5.41, 5.74) is 24.6. The van der Waals surface area contributed by atoms with Gasteiger partial charge in [-0.05, 0) is 54.2 Å². The van der Waals surface area contributed by atoms with Gasteiger partial charge in [0.1, 0.15) is 17.9 Å². The number of halogens is 1. The second-order valence-electron chi connectivity index (χ2n) is 10.1. The van der Waals surface area contributed by atoms with Crippen molar-refractivity contribution in [3.05, 3.63) is 65.5 Å². The van der Waals surface area contributed by atoms with E-state index in [1.165, 1.54) is 24.3 Å². The number of carbonyl (C=O) groups is 3. The average Bonchev–Trinajstić information content (AvgIpc) is 2.90. The maximum Gasteiger partial charge on any atom is 0.243 e. The molecular weight excluding hydrogens is 501 g/mol. The van der Waals surface area contributed by atoms with Gasteiger partial charge in [0.05, 0.1) is 11.7 Å².